The molecule has 116 valence electrons. The Bertz CT molecular complexity index is 235. The van der Waals surface area contributed by atoms with E-state index in [-0.39, 0.29) is 24.9 Å². The molecule has 19 heavy (non-hydrogen) atoms. The van der Waals surface area contributed by atoms with Gasteiger partial charge in [0.2, 0.25) is 5.91 Å². The van der Waals surface area contributed by atoms with Crippen molar-refractivity contribution < 1.29 is 9.90 Å². The van der Waals surface area contributed by atoms with Crippen molar-refractivity contribution in [3.8, 4) is 0 Å². The second-order valence-electron chi connectivity index (χ2n) is 5.99. The van der Waals surface area contributed by atoms with Gasteiger partial charge in [-0.2, -0.15) is 0 Å². The number of hydrogen-bond donors (Lipinski definition) is 3. The number of nitrogens with one attached hydrogen (secondary N) is 1. The zero-order valence-corrected chi connectivity index (χ0v) is 13.5. The lowest BCUT2D eigenvalue weighted by Gasteiger charge is -2.20. The second-order valence-corrected chi connectivity index (χ2v) is 5.99. The highest BCUT2D eigenvalue weighted by Gasteiger charge is 2.17. The van der Waals surface area contributed by atoms with E-state index in [9.17, 15) is 4.79 Å². The van der Waals surface area contributed by atoms with Gasteiger partial charge in [0.05, 0.1) is 6.04 Å². The number of carbonyl (C=O) groups excluding carboxylic acids is 1. The fourth-order valence-corrected chi connectivity index (χ4v) is 2.14. The lowest BCUT2D eigenvalue weighted by Crippen LogP contribution is -2.43. The molecule has 0 saturated carbocycles. The molecule has 0 aromatic heterocycles. The first-order valence-corrected chi connectivity index (χ1v) is 7.00. The van der Waals surface area contributed by atoms with Crippen molar-refractivity contribution in [2.45, 2.75) is 53.0 Å². The first-order valence-electron chi connectivity index (χ1n) is 7.00. The Kier molecular flexibility index (Phi) is 12.7. The quantitative estimate of drug-likeness (QED) is 0.608. The molecule has 0 aliphatic carbocycles. The van der Waals surface area contributed by atoms with Crippen molar-refractivity contribution in [3.05, 3.63) is 0 Å². The van der Waals surface area contributed by atoms with Crippen LogP contribution in [0.15, 0.2) is 0 Å². The number of rotatable bonds is 9. The van der Waals surface area contributed by atoms with Crippen LogP contribution in [0.5, 0.6) is 0 Å². The summed E-state index contributed by atoms with van der Waals surface area (Å²) in [6.45, 7) is 9.20. The highest BCUT2D eigenvalue weighted by molar-refractivity contribution is 5.85. The number of hydrogen-bond acceptors (Lipinski definition) is 3. The summed E-state index contributed by atoms with van der Waals surface area (Å²) in [6, 6.07) is -0.418. The average Bonchev–Trinajstić information content (AvgIpc) is 2.24. The van der Waals surface area contributed by atoms with Crippen molar-refractivity contribution in [1.29, 1.82) is 0 Å². The standard InChI is InChI=1S/C14H30N2O2.ClH/c1-10(2)7-12(5-6-17)9-16-14(18)13(15)8-11(3)4;/h10-13,17H,5-9,15H2,1-4H3,(H,16,18);1H/t12?,13-;/m0./s1. The minimum Gasteiger partial charge on any atom is -0.396 e. The van der Waals surface area contributed by atoms with E-state index in [1.54, 1.807) is 0 Å². The molecule has 1 amide bonds. The van der Waals surface area contributed by atoms with Crippen molar-refractivity contribution in [2.75, 3.05) is 13.2 Å². The van der Waals surface area contributed by atoms with Gasteiger partial charge in [0.15, 0.2) is 0 Å². The molecular weight excluding hydrogens is 264 g/mol. The molecule has 0 aromatic carbocycles. The van der Waals surface area contributed by atoms with E-state index < -0.39 is 6.04 Å². The van der Waals surface area contributed by atoms with E-state index in [4.69, 9.17) is 10.8 Å². The van der Waals surface area contributed by atoms with Gasteiger partial charge in [0, 0.05) is 13.2 Å². The van der Waals surface area contributed by atoms with Crippen LogP contribution in [-0.2, 0) is 4.79 Å². The number of amides is 1. The summed E-state index contributed by atoms with van der Waals surface area (Å²) in [4.78, 5) is 11.8. The Morgan fingerprint density at radius 1 is 1.16 bits per heavy atom. The van der Waals surface area contributed by atoms with Gasteiger partial charge in [0.1, 0.15) is 0 Å². The van der Waals surface area contributed by atoms with Gasteiger partial charge in [-0.1, -0.05) is 27.7 Å². The third kappa shape index (κ3) is 11.2. The number of aliphatic hydroxyl groups excluding tert-OH is 1. The molecule has 4 N–H and O–H groups in total. The molecule has 0 aliphatic heterocycles. The Morgan fingerprint density at radius 2 is 1.68 bits per heavy atom. The van der Waals surface area contributed by atoms with Crippen LogP contribution in [0.1, 0.15) is 47.0 Å². The number of nitrogens with two attached hydrogens (primary N) is 1. The summed E-state index contributed by atoms with van der Waals surface area (Å²) in [7, 11) is 0. The molecule has 0 bridgehead atoms. The van der Waals surface area contributed by atoms with Crippen molar-refractivity contribution >= 4 is 18.3 Å². The zero-order valence-electron chi connectivity index (χ0n) is 12.7. The van der Waals surface area contributed by atoms with Crippen LogP contribution in [0.3, 0.4) is 0 Å². The van der Waals surface area contributed by atoms with Gasteiger partial charge in [-0.15, -0.1) is 12.4 Å². The molecule has 2 atom stereocenters. The third-order valence-electron chi connectivity index (χ3n) is 2.97. The molecule has 0 aliphatic rings. The van der Waals surface area contributed by atoms with E-state index in [0.29, 0.717) is 30.7 Å². The van der Waals surface area contributed by atoms with Gasteiger partial charge in [-0.3, -0.25) is 4.79 Å². The number of halogens is 1. The minimum atomic E-state index is -0.418. The van der Waals surface area contributed by atoms with Gasteiger partial charge >= 0.3 is 0 Å². The minimum absolute atomic E-state index is 0. The molecule has 0 rings (SSSR count). The molecule has 0 spiro atoms. The number of aliphatic hydroxyl groups is 1. The summed E-state index contributed by atoms with van der Waals surface area (Å²) in [5.74, 6) is 1.26. The number of carbonyl (C=O) groups is 1. The van der Waals surface area contributed by atoms with Crippen LogP contribution < -0.4 is 11.1 Å². The van der Waals surface area contributed by atoms with E-state index >= 15 is 0 Å². The molecule has 0 fully saturated rings. The Morgan fingerprint density at radius 3 is 2.11 bits per heavy atom. The molecule has 0 heterocycles. The molecular formula is C14H31ClN2O2. The molecule has 5 heteroatoms. The van der Waals surface area contributed by atoms with Crippen LogP contribution in [0.2, 0.25) is 0 Å². The van der Waals surface area contributed by atoms with Crippen molar-refractivity contribution in [1.82, 2.24) is 5.32 Å². The van der Waals surface area contributed by atoms with Gasteiger partial charge in [0.25, 0.3) is 0 Å². The SMILES string of the molecule is CC(C)CC(CCO)CNC(=O)[C@@H](N)CC(C)C.Cl. The maximum absolute atomic E-state index is 11.8. The molecule has 4 nitrogen and oxygen atoms in total. The first kappa shape index (κ1) is 21.0. The van der Waals surface area contributed by atoms with Crippen LogP contribution in [0.25, 0.3) is 0 Å². The molecule has 1 unspecified atom stereocenters. The van der Waals surface area contributed by atoms with E-state index in [0.717, 1.165) is 12.8 Å². The first-order chi connectivity index (χ1) is 8.36. The predicted molar refractivity (Wildman–Crippen MR) is 82.3 cm³/mol. The summed E-state index contributed by atoms with van der Waals surface area (Å²) in [6.07, 6.45) is 2.46. The van der Waals surface area contributed by atoms with Gasteiger partial charge in [-0.05, 0) is 37.0 Å². The second kappa shape index (κ2) is 11.5. The van der Waals surface area contributed by atoms with E-state index in [1.807, 2.05) is 0 Å². The Balaban J connectivity index is 0. The predicted octanol–water partition coefficient (Wildman–Crippen LogP) is 1.94. The lowest BCUT2D eigenvalue weighted by molar-refractivity contribution is -0.122. The average molecular weight is 295 g/mol. The van der Waals surface area contributed by atoms with Crippen LogP contribution in [0.4, 0.5) is 0 Å². The molecule has 0 saturated heterocycles. The van der Waals surface area contributed by atoms with Crippen LogP contribution in [-0.4, -0.2) is 30.2 Å². The third-order valence-corrected chi connectivity index (χ3v) is 2.97. The molecule has 0 radical (unpaired) electrons. The summed E-state index contributed by atoms with van der Waals surface area (Å²) in [5, 5.41) is 11.9. The van der Waals surface area contributed by atoms with Crippen molar-refractivity contribution in [2.24, 2.45) is 23.5 Å². The lowest BCUT2D eigenvalue weighted by atomic mass is 9.94. The van der Waals surface area contributed by atoms with E-state index in [1.165, 1.54) is 0 Å². The maximum Gasteiger partial charge on any atom is 0.236 e. The fourth-order valence-electron chi connectivity index (χ4n) is 2.14. The summed E-state index contributed by atoms with van der Waals surface area (Å²) >= 11 is 0. The monoisotopic (exact) mass is 294 g/mol. The topological polar surface area (TPSA) is 75.3 Å². The highest BCUT2D eigenvalue weighted by Crippen LogP contribution is 2.14. The zero-order chi connectivity index (χ0) is 14.1. The van der Waals surface area contributed by atoms with E-state index in [2.05, 4.69) is 33.0 Å². The van der Waals surface area contributed by atoms with Crippen LogP contribution in [0, 0.1) is 17.8 Å². The van der Waals surface area contributed by atoms with Crippen molar-refractivity contribution in [3.63, 3.8) is 0 Å². The van der Waals surface area contributed by atoms with Crippen LogP contribution >= 0.6 is 12.4 Å². The van der Waals surface area contributed by atoms with Gasteiger partial charge < -0.3 is 16.2 Å². The fraction of sp³-hybridized carbons (Fsp3) is 0.929. The smallest absolute Gasteiger partial charge is 0.236 e. The largest absolute Gasteiger partial charge is 0.396 e. The van der Waals surface area contributed by atoms with Gasteiger partial charge in [-0.25, -0.2) is 0 Å². The molecule has 0 aromatic rings. The Labute approximate surface area is 123 Å². The summed E-state index contributed by atoms with van der Waals surface area (Å²) in [5.41, 5.74) is 5.82. The Hall–Kier alpha value is -0.320. The maximum atomic E-state index is 11.8. The summed E-state index contributed by atoms with van der Waals surface area (Å²) < 4.78 is 0. The highest BCUT2D eigenvalue weighted by atomic mass is 35.5. The normalized spacial score (nSPS) is 14.1.